The number of rotatable bonds is 3. The second-order valence-corrected chi connectivity index (χ2v) is 3.45. The third-order valence-electron chi connectivity index (χ3n) is 2.28. The number of nitrogens with zero attached hydrogens (tertiary/aromatic N) is 5. The summed E-state index contributed by atoms with van der Waals surface area (Å²) in [5.41, 5.74) is 7.15. The van der Waals surface area contributed by atoms with Crippen molar-refractivity contribution >= 4 is 17.5 Å². The van der Waals surface area contributed by atoms with Crippen molar-refractivity contribution in [1.82, 2.24) is 30.6 Å². The van der Waals surface area contributed by atoms with Gasteiger partial charge in [-0.25, -0.2) is 0 Å². The van der Waals surface area contributed by atoms with Crippen LogP contribution in [0.15, 0.2) is 34.8 Å². The van der Waals surface area contributed by atoms with Gasteiger partial charge >= 0.3 is 0 Å². The molecular formula is C9H9N9. The van der Waals surface area contributed by atoms with Gasteiger partial charge in [-0.05, 0) is 6.07 Å². The van der Waals surface area contributed by atoms with Gasteiger partial charge in [0.15, 0.2) is 5.82 Å². The number of azo groups is 1. The molecule has 9 heteroatoms. The van der Waals surface area contributed by atoms with Gasteiger partial charge in [0, 0.05) is 12.3 Å². The van der Waals surface area contributed by atoms with Gasteiger partial charge in [-0.2, -0.15) is 15.3 Å². The van der Waals surface area contributed by atoms with Gasteiger partial charge in [-0.3, -0.25) is 15.3 Å². The number of nitrogens with one attached hydrogen (secondary N) is 3. The Kier molecular flexibility index (Phi) is 2.34. The van der Waals surface area contributed by atoms with Gasteiger partial charge in [0.05, 0.1) is 17.5 Å². The van der Waals surface area contributed by atoms with Crippen molar-refractivity contribution in [3.05, 3.63) is 24.5 Å². The van der Waals surface area contributed by atoms with Gasteiger partial charge in [0.25, 0.3) is 0 Å². The highest BCUT2D eigenvalue weighted by Crippen LogP contribution is 2.32. The zero-order chi connectivity index (χ0) is 12.4. The summed E-state index contributed by atoms with van der Waals surface area (Å²) >= 11 is 0. The van der Waals surface area contributed by atoms with Crippen LogP contribution in [-0.2, 0) is 0 Å². The number of aromatic nitrogens is 6. The van der Waals surface area contributed by atoms with Crippen molar-refractivity contribution in [2.24, 2.45) is 10.2 Å². The van der Waals surface area contributed by atoms with Crippen LogP contribution in [0.5, 0.6) is 0 Å². The summed E-state index contributed by atoms with van der Waals surface area (Å²) in [6, 6.07) is 3.46. The molecule has 0 spiro atoms. The SMILES string of the molecule is Nc1[nH]nc(N=Nc2ccn[nH]2)c1-c1ccn[nH]1. The fourth-order valence-electron chi connectivity index (χ4n) is 1.48. The fraction of sp³-hybridized carbons (Fsp3) is 0. The van der Waals surface area contributed by atoms with Crippen molar-refractivity contribution in [3.8, 4) is 11.3 Å². The Hall–Kier alpha value is -2.97. The number of nitrogen functional groups attached to an aromatic ring is 1. The first-order valence-electron chi connectivity index (χ1n) is 5.09. The molecular weight excluding hydrogens is 234 g/mol. The maximum Gasteiger partial charge on any atom is 0.207 e. The molecule has 0 aliphatic heterocycles. The first-order valence-corrected chi connectivity index (χ1v) is 5.09. The summed E-state index contributed by atoms with van der Waals surface area (Å²) < 4.78 is 0. The number of nitrogens with two attached hydrogens (primary N) is 1. The van der Waals surface area contributed by atoms with Gasteiger partial charge in [0.1, 0.15) is 5.82 Å². The molecule has 0 fully saturated rings. The maximum atomic E-state index is 5.79. The minimum absolute atomic E-state index is 0.381. The van der Waals surface area contributed by atoms with E-state index in [9.17, 15) is 0 Å². The molecule has 0 saturated carbocycles. The lowest BCUT2D eigenvalue weighted by Gasteiger charge is -1.94. The number of hydrogen-bond donors (Lipinski definition) is 4. The van der Waals surface area contributed by atoms with E-state index in [4.69, 9.17) is 5.73 Å². The van der Waals surface area contributed by atoms with Crippen molar-refractivity contribution in [2.75, 3.05) is 5.73 Å². The molecule has 3 heterocycles. The van der Waals surface area contributed by atoms with E-state index < -0.39 is 0 Å². The predicted molar refractivity (Wildman–Crippen MR) is 63.3 cm³/mol. The van der Waals surface area contributed by atoms with Gasteiger partial charge in [-0.1, -0.05) is 0 Å². The highest BCUT2D eigenvalue weighted by Gasteiger charge is 2.14. The number of H-pyrrole nitrogens is 3. The lowest BCUT2D eigenvalue weighted by molar-refractivity contribution is 1.03. The zero-order valence-corrected chi connectivity index (χ0v) is 9.12. The molecule has 18 heavy (non-hydrogen) atoms. The standard InChI is InChI=1S/C9H9N9/c10-8-7(5-1-3-11-13-5)9(18-16-8)17-15-6-2-4-12-14-6/h1-4H,(H,11,13)(H,12,14)(H3,10,16,18). The summed E-state index contributed by atoms with van der Waals surface area (Å²) in [5.74, 6) is 1.32. The maximum absolute atomic E-state index is 5.79. The molecule has 0 amide bonds. The first kappa shape index (κ1) is 10.2. The third kappa shape index (κ3) is 1.73. The van der Waals surface area contributed by atoms with Gasteiger partial charge < -0.3 is 5.73 Å². The van der Waals surface area contributed by atoms with E-state index in [2.05, 4.69) is 40.8 Å². The van der Waals surface area contributed by atoms with E-state index in [1.807, 2.05) is 0 Å². The average molecular weight is 243 g/mol. The molecule has 9 nitrogen and oxygen atoms in total. The highest BCUT2D eigenvalue weighted by atomic mass is 15.3. The predicted octanol–water partition coefficient (Wildman–Crippen LogP) is 1.52. The molecule has 3 rings (SSSR count). The summed E-state index contributed by atoms with van der Waals surface area (Å²) in [7, 11) is 0. The Morgan fingerprint density at radius 3 is 2.56 bits per heavy atom. The molecule has 3 aromatic rings. The van der Waals surface area contributed by atoms with Crippen LogP contribution in [-0.4, -0.2) is 30.6 Å². The van der Waals surface area contributed by atoms with Crippen LogP contribution in [0.3, 0.4) is 0 Å². The number of hydrogen-bond acceptors (Lipinski definition) is 6. The highest BCUT2D eigenvalue weighted by molar-refractivity contribution is 5.80. The first-order chi connectivity index (χ1) is 8.84. The van der Waals surface area contributed by atoms with Crippen molar-refractivity contribution in [2.45, 2.75) is 0 Å². The monoisotopic (exact) mass is 243 g/mol. The van der Waals surface area contributed by atoms with E-state index >= 15 is 0 Å². The second kappa shape index (κ2) is 4.13. The van der Waals surface area contributed by atoms with Gasteiger partial charge in [0.2, 0.25) is 5.82 Å². The van der Waals surface area contributed by atoms with Crippen molar-refractivity contribution in [3.63, 3.8) is 0 Å². The zero-order valence-electron chi connectivity index (χ0n) is 9.12. The second-order valence-electron chi connectivity index (χ2n) is 3.45. The molecule has 0 bridgehead atoms. The van der Waals surface area contributed by atoms with Crippen LogP contribution in [0.4, 0.5) is 17.5 Å². The lowest BCUT2D eigenvalue weighted by Crippen LogP contribution is -1.87. The Morgan fingerprint density at radius 2 is 1.83 bits per heavy atom. The molecule has 0 aliphatic rings. The minimum Gasteiger partial charge on any atom is -0.383 e. The molecule has 0 unspecified atom stereocenters. The third-order valence-corrected chi connectivity index (χ3v) is 2.28. The fourth-order valence-corrected chi connectivity index (χ4v) is 1.48. The number of anilines is 1. The van der Waals surface area contributed by atoms with E-state index in [1.54, 1.807) is 24.5 Å². The smallest absolute Gasteiger partial charge is 0.207 e. The normalized spacial score (nSPS) is 11.3. The van der Waals surface area contributed by atoms with Crippen LogP contribution in [0.25, 0.3) is 11.3 Å². The summed E-state index contributed by atoms with van der Waals surface area (Å²) in [6.45, 7) is 0. The Morgan fingerprint density at radius 1 is 1.00 bits per heavy atom. The molecule has 0 aromatic carbocycles. The largest absolute Gasteiger partial charge is 0.383 e. The van der Waals surface area contributed by atoms with E-state index in [0.717, 1.165) is 5.69 Å². The van der Waals surface area contributed by atoms with Crippen LogP contribution in [0, 0.1) is 0 Å². The quantitative estimate of drug-likeness (QED) is 0.518. The number of aromatic amines is 3. The van der Waals surface area contributed by atoms with Crippen molar-refractivity contribution < 1.29 is 0 Å². The van der Waals surface area contributed by atoms with Crippen LogP contribution in [0.2, 0.25) is 0 Å². The Balaban J connectivity index is 1.99. The minimum atomic E-state index is 0.381. The Labute approximate surface area is 101 Å². The summed E-state index contributed by atoms with van der Waals surface area (Å²) in [6.07, 6.45) is 3.21. The summed E-state index contributed by atoms with van der Waals surface area (Å²) in [4.78, 5) is 0. The van der Waals surface area contributed by atoms with Crippen LogP contribution < -0.4 is 5.73 Å². The van der Waals surface area contributed by atoms with E-state index in [-0.39, 0.29) is 0 Å². The average Bonchev–Trinajstić information content (AvgIpc) is 3.07. The molecule has 0 atom stereocenters. The lowest BCUT2D eigenvalue weighted by atomic mass is 10.2. The topological polar surface area (TPSA) is 137 Å². The van der Waals surface area contributed by atoms with Gasteiger partial charge in [-0.15, -0.1) is 10.2 Å². The Bertz CT molecular complexity index is 646. The molecule has 90 valence electrons. The van der Waals surface area contributed by atoms with Crippen LogP contribution >= 0.6 is 0 Å². The van der Waals surface area contributed by atoms with Crippen LogP contribution in [0.1, 0.15) is 0 Å². The molecule has 0 saturated heterocycles. The molecule has 0 aliphatic carbocycles. The van der Waals surface area contributed by atoms with E-state index in [1.165, 1.54) is 0 Å². The summed E-state index contributed by atoms with van der Waals surface area (Å²) in [5, 5.41) is 27.7. The van der Waals surface area contributed by atoms with E-state index in [0.29, 0.717) is 23.0 Å². The molecule has 5 N–H and O–H groups in total. The van der Waals surface area contributed by atoms with Crippen molar-refractivity contribution in [1.29, 1.82) is 0 Å². The molecule has 0 radical (unpaired) electrons. The molecule has 3 aromatic heterocycles.